The molecule has 6 nitrogen and oxygen atoms in total. The highest BCUT2D eigenvalue weighted by atomic mass is 16.7. The number of hydrogen-bond donors (Lipinski definition) is 0. The summed E-state index contributed by atoms with van der Waals surface area (Å²) < 4.78 is 16.6. The zero-order chi connectivity index (χ0) is 20.0. The lowest BCUT2D eigenvalue weighted by molar-refractivity contribution is -0.121. The van der Waals surface area contributed by atoms with Crippen LogP contribution in [-0.4, -0.2) is 42.6 Å². The normalized spacial score (nSPS) is 26.1. The number of nitrogens with zero attached hydrogens (tertiary/aromatic N) is 1. The van der Waals surface area contributed by atoms with E-state index in [4.69, 9.17) is 14.2 Å². The summed E-state index contributed by atoms with van der Waals surface area (Å²) in [7, 11) is 0. The van der Waals surface area contributed by atoms with Gasteiger partial charge < -0.3 is 14.2 Å². The largest absolute Gasteiger partial charge is 0.462 e. The predicted octanol–water partition coefficient (Wildman–Crippen LogP) is 3.15. The first-order chi connectivity index (χ1) is 14.1. The third kappa shape index (κ3) is 3.17. The van der Waals surface area contributed by atoms with Crippen LogP contribution in [0.15, 0.2) is 42.5 Å². The Labute approximate surface area is 169 Å². The van der Waals surface area contributed by atoms with Crippen molar-refractivity contribution in [1.29, 1.82) is 0 Å². The van der Waals surface area contributed by atoms with Gasteiger partial charge in [-0.2, -0.15) is 0 Å². The number of rotatable bonds is 5. The Balaban J connectivity index is 1.32. The second-order valence-electron chi connectivity index (χ2n) is 7.93. The number of benzene rings is 2. The van der Waals surface area contributed by atoms with E-state index >= 15 is 0 Å². The zero-order valence-corrected chi connectivity index (χ0v) is 16.3. The van der Waals surface area contributed by atoms with E-state index in [0.29, 0.717) is 18.6 Å². The van der Waals surface area contributed by atoms with Crippen LogP contribution in [0.2, 0.25) is 0 Å². The van der Waals surface area contributed by atoms with Crippen LogP contribution in [0.4, 0.5) is 0 Å². The SMILES string of the molecule is CC(=O)[C@H]1[C@H]2CN(Cc3cc4c(cc32)OCO4)[C@H]1CCOC(=O)c1ccccc1. The average Bonchev–Trinajstić information content (AvgIpc) is 3.29. The van der Waals surface area contributed by atoms with E-state index in [9.17, 15) is 9.59 Å². The molecule has 0 radical (unpaired) electrons. The van der Waals surface area contributed by atoms with Gasteiger partial charge in [0.1, 0.15) is 5.78 Å². The van der Waals surface area contributed by atoms with Crippen LogP contribution in [-0.2, 0) is 16.1 Å². The molecule has 0 aromatic heterocycles. The molecule has 0 saturated carbocycles. The molecule has 3 aliphatic rings. The number of carbonyl (C=O) groups excluding carboxylic acids is 2. The Morgan fingerprint density at radius 1 is 1.14 bits per heavy atom. The third-order valence-corrected chi connectivity index (χ3v) is 6.28. The number of hydrogen-bond acceptors (Lipinski definition) is 6. The lowest BCUT2D eigenvalue weighted by Crippen LogP contribution is -2.35. The third-order valence-electron chi connectivity index (χ3n) is 6.28. The van der Waals surface area contributed by atoms with Gasteiger partial charge in [0.25, 0.3) is 0 Å². The fraction of sp³-hybridized carbons (Fsp3) is 0.391. The Bertz CT molecular complexity index is 957. The Morgan fingerprint density at radius 3 is 2.66 bits per heavy atom. The van der Waals surface area contributed by atoms with Crippen molar-refractivity contribution in [3.8, 4) is 11.5 Å². The molecule has 2 bridgehead atoms. The molecule has 2 aromatic rings. The standard InChI is InChI=1S/C23H23NO5/c1-14(25)22-18-12-24(11-16-9-20-21(10-17(16)18)29-13-28-20)19(22)7-8-27-23(26)15-5-3-2-4-6-15/h2-6,9-10,18-19,22H,7-8,11-13H2,1H3/t18-,19-,22-/m0/s1. The van der Waals surface area contributed by atoms with Crippen molar-refractivity contribution >= 4 is 11.8 Å². The quantitative estimate of drug-likeness (QED) is 0.727. The first-order valence-corrected chi connectivity index (χ1v) is 10.0. The van der Waals surface area contributed by atoms with Gasteiger partial charge in [0, 0.05) is 31.0 Å². The summed E-state index contributed by atoms with van der Waals surface area (Å²) in [5, 5.41) is 0. The molecule has 1 saturated heterocycles. The van der Waals surface area contributed by atoms with Gasteiger partial charge in [-0.1, -0.05) is 18.2 Å². The fourth-order valence-corrected chi connectivity index (χ4v) is 5.02. The Morgan fingerprint density at radius 2 is 1.90 bits per heavy atom. The maximum absolute atomic E-state index is 12.6. The first kappa shape index (κ1) is 18.2. The highest BCUT2D eigenvalue weighted by Gasteiger charge is 2.48. The molecule has 0 amide bonds. The minimum atomic E-state index is -0.324. The van der Waals surface area contributed by atoms with Crippen LogP contribution >= 0.6 is 0 Å². The second-order valence-corrected chi connectivity index (χ2v) is 7.93. The van der Waals surface area contributed by atoms with E-state index in [1.165, 1.54) is 11.1 Å². The second kappa shape index (κ2) is 7.19. The molecular weight excluding hydrogens is 370 g/mol. The van der Waals surface area contributed by atoms with Crippen LogP contribution in [0.3, 0.4) is 0 Å². The molecule has 150 valence electrons. The monoisotopic (exact) mass is 393 g/mol. The molecule has 1 fully saturated rings. The smallest absolute Gasteiger partial charge is 0.338 e. The maximum atomic E-state index is 12.6. The van der Waals surface area contributed by atoms with Crippen molar-refractivity contribution in [2.24, 2.45) is 5.92 Å². The van der Waals surface area contributed by atoms with E-state index in [2.05, 4.69) is 4.90 Å². The zero-order valence-electron chi connectivity index (χ0n) is 16.3. The van der Waals surface area contributed by atoms with Crippen molar-refractivity contribution in [3.63, 3.8) is 0 Å². The number of carbonyl (C=O) groups is 2. The van der Waals surface area contributed by atoms with Crippen LogP contribution in [0, 0.1) is 5.92 Å². The summed E-state index contributed by atoms with van der Waals surface area (Å²) >= 11 is 0. The summed E-state index contributed by atoms with van der Waals surface area (Å²) in [5.41, 5.74) is 2.93. The maximum Gasteiger partial charge on any atom is 0.338 e. The molecule has 0 aliphatic carbocycles. The first-order valence-electron chi connectivity index (χ1n) is 10.0. The number of ether oxygens (including phenoxy) is 3. The molecule has 5 rings (SSSR count). The van der Waals surface area contributed by atoms with Crippen molar-refractivity contribution in [3.05, 3.63) is 59.2 Å². The van der Waals surface area contributed by atoms with Crippen LogP contribution in [0.5, 0.6) is 11.5 Å². The van der Waals surface area contributed by atoms with Crippen molar-refractivity contribution in [1.82, 2.24) is 4.90 Å². The topological polar surface area (TPSA) is 65.1 Å². The van der Waals surface area contributed by atoms with Gasteiger partial charge in [0.15, 0.2) is 11.5 Å². The molecular formula is C23H23NO5. The summed E-state index contributed by atoms with van der Waals surface area (Å²) in [6, 6.07) is 13.1. The molecule has 2 aromatic carbocycles. The van der Waals surface area contributed by atoms with Crippen LogP contribution < -0.4 is 9.47 Å². The van der Waals surface area contributed by atoms with E-state index in [0.717, 1.165) is 24.6 Å². The lowest BCUT2D eigenvalue weighted by atomic mass is 9.80. The van der Waals surface area contributed by atoms with Crippen molar-refractivity contribution < 1.29 is 23.8 Å². The van der Waals surface area contributed by atoms with Gasteiger partial charge >= 0.3 is 5.97 Å². The van der Waals surface area contributed by atoms with E-state index in [1.54, 1.807) is 19.1 Å². The van der Waals surface area contributed by atoms with Gasteiger partial charge in [-0.15, -0.1) is 0 Å². The highest BCUT2D eigenvalue weighted by Crippen LogP contribution is 2.48. The van der Waals surface area contributed by atoms with Crippen LogP contribution in [0.1, 0.15) is 40.7 Å². The number of Topliss-reactive ketones (excluding diaryl/α,β-unsaturated/α-hetero) is 1. The molecule has 6 heteroatoms. The van der Waals surface area contributed by atoms with Gasteiger partial charge in [0.2, 0.25) is 6.79 Å². The van der Waals surface area contributed by atoms with Crippen LogP contribution in [0.25, 0.3) is 0 Å². The molecule has 0 spiro atoms. The van der Waals surface area contributed by atoms with Crippen molar-refractivity contribution in [2.45, 2.75) is 31.8 Å². The van der Waals surface area contributed by atoms with E-state index in [-0.39, 0.29) is 36.4 Å². The number of fused-ring (bicyclic) bond motifs is 5. The average molecular weight is 393 g/mol. The molecule has 3 heterocycles. The Kier molecular flexibility index (Phi) is 4.51. The summed E-state index contributed by atoms with van der Waals surface area (Å²) in [6.07, 6.45) is 0.639. The highest BCUT2D eigenvalue weighted by molar-refractivity contribution is 5.89. The van der Waals surface area contributed by atoms with E-state index < -0.39 is 0 Å². The molecule has 3 aliphatic heterocycles. The minimum absolute atomic E-state index is 0.0603. The van der Waals surface area contributed by atoms with Crippen molar-refractivity contribution in [2.75, 3.05) is 19.9 Å². The minimum Gasteiger partial charge on any atom is -0.462 e. The van der Waals surface area contributed by atoms with E-state index in [1.807, 2.05) is 30.3 Å². The lowest BCUT2D eigenvalue weighted by Gasteiger charge is -2.28. The number of ketones is 1. The number of esters is 1. The molecule has 29 heavy (non-hydrogen) atoms. The van der Waals surface area contributed by atoms with Gasteiger partial charge in [0.05, 0.1) is 12.2 Å². The van der Waals surface area contributed by atoms with Gasteiger partial charge in [-0.25, -0.2) is 4.79 Å². The molecule has 0 N–H and O–H groups in total. The Hall–Kier alpha value is -2.86. The molecule has 4 atom stereocenters. The summed E-state index contributed by atoms with van der Waals surface area (Å²) in [6.45, 7) is 3.82. The van der Waals surface area contributed by atoms with Gasteiger partial charge in [-0.05, 0) is 48.7 Å². The fourth-order valence-electron chi connectivity index (χ4n) is 5.02. The predicted molar refractivity (Wildman–Crippen MR) is 105 cm³/mol. The molecule has 1 unspecified atom stereocenters. The summed E-state index contributed by atoms with van der Waals surface area (Å²) in [5.74, 6) is 1.43. The summed E-state index contributed by atoms with van der Waals surface area (Å²) in [4.78, 5) is 27.1. The van der Waals surface area contributed by atoms with Gasteiger partial charge in [-0.3, -0.25) is 9.69 Å².